The summed E-state index contributed by atoms with van der Waals surface area (Å²) in [5.74, 6) is 0. The van der Waals surface area contributed by atoms with Crippen LogP contribution in [0, 0.1) is 0 Å². The molecule has 2 aliphatic rings. The summed E-state index contributed by atoms with van der Waals surface area (Å²) in [5.41, 5.74) is 0. The van der Waals surface area contributed by atoms with Gasteiger partial charge in [-0.15, -0.1) is 0 Å². The van der Waals surface area contributed by atoms with Crippen LogP contribution in [0.2, 0.25) is 0 Å². The van der Waals surface area contributed by atoms with Crippen molar-refractivity contribution >= 4 is 26.8 Å². The smallest absolute Gasteiger partial charge is 0.124 e. The largest absolute Gasteiger partial charge is 0.314 e. The Bertz CT molecular complexity index is 271. The Kier molecular flexibility index (Phi) is 3.88. The molecule has 2 atom stereocenters. The number of piperazine rings is 1. The molecule has 2 heterocycles. The zero-order valence-corrected chi connectivity index (χ0v) is 10.6. The fraction of sp³-hybridized carbons (Fsp3) is 0.800. The summed E-state index contributed by atoms with van der Waals surface area (Å²) in [6.45, 7) is 6.39. The fourth-order valence-electron chi connectivity index (χ4n) is 2.05. The van der Waals surface area contributed by atoms with Crippen LogP contribution in [-0.2, 0) is 0 Å². The van der Waals surface area contributed by atoms with Crippen LogP contribution >= 0.6 is 15.9 Å². The number of hydrogen-bond donors (Lipinski definition) is 1. The van der Waals surface area contributed by atoms with Gasteiger partial charge in [0.1, 0.15) is 6.17 Å². The number of halogens is 1. The Labute approximate surface area is 99.0 Å². The fourth-order valence-corrected chi connectivity index (χ4v) is 2.51. The predicted octanol–water partition coefficient (Wildman–Crippen LogP) is 0.874. The molecule has 84 valence electrons. The lowest BCUT2D eigenvalue weighted by molar-refractivity contribution is 0.162. The molecule has 5 heteroatoms. The number of aliphatic imine (C=N–C) groups is 2. The second-order valence-electron chi connectivity index (χ2n) is 3.98. The van der Waals surface area contributed by atoms with Gasteiger partial charge in [-0.25, -0.2) is 0 Å². The van der Waals surface area contributed by atoms with Crippen molar-refractivity contribution < 1.29 is 0 Å². The van der Waals surface area contributed by atoms with Crippen molar-refractivity contribution in [1.82, 2.24) is 10.2 Å². The molecule has 1 N–H and O–H groups in total. The molecule has 2 aliphatic heterocycles. The van der Waals surface area contributed by atoms with Crippen LogP contribution in [0.1, 0.15) is 13.3 Å². The lowest BCUT2D eigenvalue weighted by Crippen LogP contribution is -2.50. The lowest BCUT2D eigenvalue weighted by atomic mass is 10.2. The van der Waals surface area contributed by atoms with E-state index in [1.807, 2.05) is 6.21 Å². The molecule has 2 unspecified atom stereocenters. The minimum atomic E-state index is 0.224. The number of rotatable bonds is 1. The van der Waals surface area contributed by atoms with Gasteiger partial charge in [-0.1, -0.05) is 0 Å². The van der Waals surface area contributed by atoms with E-state index in [0.717, 1.165) is 37.2 Å². The molecule has 0 aromatic carbocycles. The third-order valence-corrected chi connectivity index (χ3v) is 3.35. The van der Waals surface area contributed by atoms with Gasteiger partial charge >= 0.3 is 0 Å². The van der Waals surface area contributed by atoms with Gasteiger partial charge in [0, 0.05) is 38.8 Å². The molecular formula is C10H17BrN4. The van der Waals surface area contributed by atoms with E-state index in [9.17, 15) is 0 Å². The first-order valence-corrected chi connectivity index (χ1v) is 6.25. The molecule has 0 spiro atoms. The van der Waals surface area contributed by atoms with Crippen LogP contribution in [0.3, 0.4) is 0 Å². The van der Waals surface area contributed by atoms with Gasteiger partial charge in [-0.2, -0.15) is 0 Å². The maximum atomic E-state index is 4.61. The molecule has 0 aromatic heterocycles. The van der Waals surface area contributed by atoms with E-state index >= 15 is 0 Å². The molecular weight excluding hydrogens is 256 g/mol. The Balaban J connectivity index is 2.06. The molecule has 4 nitrogen and oxygen atoms in total. The number of hydrogen-bond acceptors (Lipinski definition) is 4. The standard InChI is InChI=1S/C10H17BrN4/c1-8-10(13-3-2-9(11)14-8)15-6-4-12-5-7-15/h3,8,10,12H,2,4-7H2,1H3. The summed E-state index contributed by atoms with van der Waals surface area (Å²) < 4.78 is 1.01. The minimum absolute atomic E-state index is 0.224. The average molecular weight is 273 g/mol. The second-order valence-corrected chi connectivity index (χ2v) is 4.90. The van der Waals surface area contributed by atoms with Gasteiger partial charge < -0.3 is 5.32 Å². The maximum Gasteiger partial charge on any atom is 0.124 e. The first kappa shape index (κ1) is 11.2. The van der Waals surface area contributed by atoms with Crippen LogP contribution in [0.4, 0.5) is 0 Å². The second kappa shape index (κ2) is 5.18. The van der Waals surface area contributed by atoms with Crippen LogP contribution in [0.25, 0.3) is 0 Å². The van der Waals surface area contributed by atoms with Crippen molar-refractivity contribution in [1.29, 1.82) is 0 Å². The van der Waals surface area contributed by atoms with E-state index < -0.39 is 0 Å². The first-order valence-electron chi connectivity index (χ1n) is 5.46. The highest BCUT2D eigenvalue weighted by atomic mass is 79.9. The normalized spacial score (nSPS) is 33.6. The van der Waals surface area contributed by atoms with E-state index in [1.165, 1.54) is 0 Å². The van der Waals surface area contributed by atoms with Gasteiger partial charge in [-0.3, -0.25) is 14.9 Å². The summed E-state index contributed by atoms with van der Waals surface area (Å²) in [4.78, 5) is 11.6. The van der Waals surface area contributed by atoms with Crippen molar-refractivity contribution in [2.24, 2.45) is 9.98 Å². The highest BCUT2D eigenvalue weighted by Crippen LogP contribution is 2.15. The Morgan fingerprint density at radius 3 is 2.93 bits per heavy atom. The molecule has 0 radical (unpaired) electrons. The summed E-state index contributed by atoms with van der Waals surface area (Å²) in [7, 11) is 0. The topological polar surface area (TPSA) is 40.0 Å². The summed E-state index contributed by atoms with van der Waals surface area (Å²) in [5, 5.41) is 3.35. The molecule has 0 saturated carbocycles. The molecule has 2 rings (SSSR count). The Morgan fingerprint density at radius 2 is 2.20 bits per heavy atom. The van der Waals surface area contributed by atoms with E-state index in [0.29, 0.717) is 0 Å². The van der Waals surface area contributed by atoms with Crippen molar-refractivity contribution in [3.8, 4) is 0 Å². The Hall–Kier alpha value is -0.260. The number of nitrogens with zero attached hydrogens (tertiary/aromatic N) is 3. The molecule has 0 aromatic rings. The minimum Gasteiger partial charge on any atom is -0.314 e. The molecule has 1 fully saturated rings. The highest BCUT2D eigenvalue weighted by molar-refractivity contribution is 9.18. The SMILES string of the molecule is CC1N=C(Br)CC=NC1N1CCNCC1. The molecule has 0 aliphatic carbocycles. The van der Waals surface area contributed by atoms with Gasteiger partial charge in [-0.05, 0) is 22.9 Å². The van der Waals surface area contributed by atoms with E-state index in [1.54, 1.807) is 0 Å². The molecule has 0 amide bonds. The van der Waals surface area contributed by atoms with Crippen molar-refractivity contribution in [3.05, 3.63) is 0 Å². The lowest BCUT2D eigenvalue weighted by Gasteiger charge is -2.34. The van der Waals surface area contributed by atoms with Crippen LogP contribution < -0.4 is 5.32 Å². The first-order chi connectivity index (χ1) is 7.27. The summed E-state index contributed by atoms with van der Waals surface area (Å²) in [6.07, 6.45) is 3.03. The molecule has 0 bridgehead atoms. The van der Waals surface area contributed by atoms with Gasteiger partial charge in [0.15, 0.2) is 0 Å². The maximum absolute atomic E-state index is 4.61. The number of nitrogens with one attached hydrogen (secondary N) is 1. The monoisotopic (exact) mass is 272 g/mol. The zero-order chi connectivity index (χ0) is 10.7. The van der Waals surface area contributed by atoms with Crippen molar-refractivity contribution in [2.75, 3.05) is 26.2 Å². The third-order valence-electron chi connectivity index (χ3n) is 2.82. The van der Waals surface area contributed by atoms with E-state index in [2.05, 4.69) is 43.1 Å². The van der Waals surface area contributed by atoms with Gasteiger partial charge in [0.25, 0.3) is 0 Å². The highest BCUT2D eigenvalue weighted by Gasteiger charge is 2.25. The van der Waals surface area contributed by atoms with Crippen molar-refractivity contribution in [2.45, 2.75) is 25.6 Å². The van der Waals surface area contributed by atoms with Gasteiger partial charge in [0.2, 0.25) is 0 Å². The third kappa shape index (κ3) is 2.86. The van der Waals surface area contributed by atoms with E-state index in [4.69, 9.17) is 0 Å². The summed E-state index contributed by atoms with van der Waals surface area (Å²) in [6, 6.07) is 0.247. The van der Waals surface area contributed by atoms with Crippen LogP contribution in [0.5, 0.6) is 0 Å². The van der Waals surface area contributed by atoms with E-state index in [-0.39, 0.29) is 12.2 Å². The van der Waals surface area contributed by atoms with Crippen LogP contribution in [0.15, 0.2) is 9.98 Å². The molecule has 15 heavy (non-hydrogen) atoms. The Morgan fingerprint density at radius 1 is 1.47 bits per heavy atom. The summed E-state index contributed by atoms with van der Waals surface area (Å²) >= 11 is 3.46. The quantitative estimate of drug-likeness (QED) is 0.770. The van der Waals surface area contributed by atoms with Gasteiger partial charge in [0.05, 0.1) is 10.7 Å². The van der Waals surface area contributed by atoms with Crippen LogP contribution in [-0.4, -0.2) is 54.1 Å². The predicted molar refractivity (Wildman–Crippen MR) is 67.2 cm³/mol. The molecule has 1 saturated heterocycles. The average Bonchev–Trinajstić information content (AvgIpc) is 2.40. The van der Waals surface area contributed by atoms with Crippen molar-refractivity contribution in [3.63, 3.8) is 0 Å². The zero-order valence-electron chi connectivity index (χ0n) is 8.99.